The molecule has 0 aliphatic rings. The summed E-state index contributed by atoms with van der Waals surface area (Å²) in [5, 5.41) is 2.59. The average Bonchev–Trinajstić information content (AvgIpc) is 3.10. The van der Waals surface area contributed by atoms with Crippen molar-refractivity contribution in [3.63, 3.8) is 0 Å². The number of esters is 1. The predicted molar refractivity (Wildman–Crippen MR) is 104 cm³/mol. The molecule has 0 atom stereocenters. The van der Waals surface area contributed by atoms with E-state index in [1.54, 1.807) is 18.2 Å². The van der Waals surface area contributed by atoms with Crippen LogP contribution in [-0.2, 0) is 9.53 Å². The molecule has 10 heteroatoms. The number of aromatic nitrogens is 2. The van der Waals surface area contributed by atoms with Crippen molar-refractivity contribution in [2.75, 3.05) is 33.3 Å². The lowest BCUT2D eigenvalue weighted by Crippen LogP contribution is -2.21. The first-order valence-electron chi connectivity index (χ1n) is 8.44. The Morgan fingerprint density at radius 1 is 0.897 bits per heavy atom. The van der Waals surface area contributed by atoms with Crippen LogP contribution in [0.2, 0.25) is 0 Å². The van der Waals surface area contributed by atoms with Gasteiger partial charge in [0.05, 0.1) is 32.4 Å². The van der Waals surface area contributed by atoms with Crippen LogP contribution in [0.1, 0.15) is 10.4 Å². The Kier molecular flexibility index (Phi) is 5.72. The fraction of sp³-hybridized carbons (Fsp3) is 0.211. The van der Waals surface area contributed by atoms with Gasteiger partial charge in [0, 0.05) is 17.8 Å². The molecule has 0 saturated carbocycles. The smallest absolute Gasteiger partial charge is 0.342 e. The molecule has 3 rings (SSSR count). The van der Waals surface area contributed by atoms with Gasteiger partial charge < -0.3 is 34.2 Å². The molecule has 152 valence electrons. The fourth-order valence-corrected chi connectivity index (χ4v) is 2.70. The summed E-state index contributed by atoms with van der Waals surface area (Å²) in [5.41, 5.74) is 1.34. The number of imidazole rings is 1. The minimum absolute atomic E-state index is 0.0873. The standard InChI is InChI=1S/C19H19N3O7/c1-26-14-8-16(28-3)15(27-2)7-11(14)18(24)29-9-17(23)20-10-4-5-12-13(6-10)22-19(25)21-12/h4-8H,9H2,1-3H3,(H,20,23)(H2,21,22,25). The second-order valence-electron chi connectivity index (χ2n) is 5.87. The van der Waals surface area contributed by atoms with Crippen molar-refractivity contribution < 1.29 is 28.5 Å². The second-order valence-corrected chi connectivity index (χ2v) is 5.87. The Labute approximate surface area is 164 Å². The SMILES string of the molecule is COc1cc(OC)c(C(=O)OCC(=O)Nc2ccc3[nH]c(=O)[nH]c3c2)cc1OC. The topological polar surface area (TPSA) is 132 Å². The van der Waals surface area contributed by atoms with Gasteiger partial charge in [-0.2, -0.15) is 0 Å². The number of hydrogen-bond acceptors (Lipinski definition) is 7. The molecule has 0 radical (unpaired) electrons. The summed E-state index contributed by atoms with van der Waals surface area (Å²) in [5.74, 6) is -0.386. The molecule has 3 N–H and O–H groups in total. The first-order chi connectivity index (χ1) is 13.9. The number of anilines is 1. The van der Waals surface area contributed by atoms with Crippen molar-refractivity contribution in [2.24, 2.45) is 0 Å². The number of nitrogens with one attached hydrogen (secondary N) is 3. The van der Waals surface area contributed by atoms with Crippen molar-refractivity contribution >= 4 is 28.6 Å². The molecule has 10 nitrogen and oxygen atoms in total. The Balaban J connectivity index is 1.67. The van der Waals surface area contributed by atoms with E-state index < -0.39 is 18.5 Å². The molecule has 0 unspecified atom stereocenters. The Morgan fingerprint density at radius 2 is 1.55 bits per heavy atom. The summed E-state index contributed by atoms with van der Waals surface area (Å²) in [7, 11) is 4.29. The largest absolute Gasteiger partial charge is 0.496 e. The summed E-state index contributed by atoms with van der Waals surface area (Å²) in [6.07, 6.45) is 0. The number of benzene rings is 2. The molecule has 0 spiro atoms. The molecule has 1 amide bonds. The number of aromatic amines is 2. The zero-order valence-corrected chi connectivity index (χ0v) is 16.0. The molecule has 0 aliphatic carbocycles. The normalized spacial score (nSPS) is 10.4. The maximum Gasteiger partial charge on any atom is 0.342 e. The minimum atomic E-state index is -0.761. The third-order valence-electron chi connectivity index (χ3n) is 4.06. The van der Waals surface area contributed by atoms with Crippen LogP contribution >= 0.6 is 0 Å². The third-order valence-corrected chi connectivity index (χ3v) is 4.06. The van der Waals surface area contributed by atoms with E-state index in [2.05, 4.69) is 15.3 Å². The van der Waals surface area contributed by atoms with Gasteiger partial charge in [-0.15, -0.1) is 0 Å². The van der Waals surface area contributed by atoms with E-state index in [9.17, 15) is 14.4 Å². The Hall–Kier alpha value is -3.95. The number of ether oxygens (including phenoxy) is 4. The molecule has 0 saturated heterocycles. The van der Waals surface area contributed by atoms with E-state index in [1.807, 2.05) is 0 Å². The first kappa shape index (κ1) is 19.8. The van der Waals surface area contributed by atoms with Gasteiger partial charge in [0.25, 0.3) is 5.91 Å². The highest BCUT2D eigenvalue weighted by Crippen LogP contribution is 2.34. The lowest BCUT2D eigenvalue weighted by atomic mass is 10.1. The van der Waals surface area contributed by atoms with Crippen molar-refractivity contribution in [2.45, 2.75) is 0 Å². The molecule has 0 aliphatic heterocycles. The van der Waals surface area contributed by atoms with Crippen LogP contribution in [0.3, 0.4) is 0 Å². The van der Waals surface area contributed by atoms with Gasteiger partial charge in [-0.1, -0.05) is 0 Å². The number of carbonyl (C=O) groups excluding carboxylic acids is 2. The van der Waals surface area contributed by atoms with E-state index in [0.717, 1.165) is 0 Å². The highest BCUT2D eigenvalue weighted by Gasteiger charge is 2.20. The molecule has 3 aromatic rings. The van der Waals surface area contributed by atoms with Gasteiger partial charge in [0.15, 0.2) is 18.1 Å². The van der Waals surface area contributed by atoms with Gasteiger partial charge in [-0.25, -0.2) is 9.59 Å². The van der Waals surface area contributed by atoms with Crippen LogP contribution in [0.5, 0.6) is 17.2 Å². The molecule has 29 heavy (non-hydrogen) atoms. The van der Waals surface area contributed by atoms with E-state index in [1.165, 1.54) is 33.5 Å². The quantitative estimate of drug-likeness (QED) is 0.513. The van der Waals surface area contributed by atoms with Gasteiger partial charge in [-0.3, -0.25) is 4.79 Å². The molecule has 1 heterocycles. The van der Waals surface area contributed by atoms with Gasteiger partial charge in [0.1, 0.15) is 11.3 Å². The van der Waals surface area contributed by atoms with Crippen LogP contribution in [0.25, 0.3) is 11.0 Å². The number of methoxy groups -OCH3 is 3. The number of carbonyl (C=O) groups is 2. The third kappa shape index (κ3) is 4.32. The summed E-state index contributed by atoms with van der Waals surface area (Å²) in [6, 6.07) is 7.74. The predicted octanol–water partition coefficient (Wildman–Crippen LogP) is 1.68. The van der Waals surface area contributed by atoms with Crippen molar-refractivity contribution in [3.05, 3.63) is 46.4 Å². The van der Waals surface area contributed by atoms with Gasteiger partial charge >= 0.3 is 11.7 Å². The molecule has 0 fully saturated rings. The Morgan fingerprint density at radius 3 is 2.24 bits per heavy atom. The lowest BCUT2D eigenvalue weighted by Gasteiger charge is -2.13. The first-order valence-corrected chi connectivity index (χ1v) is 8.44. The summed E-state index contributed by atoms with van der Waals surface area (Å²) >= 11 is 0. The van der Waals surface area contributed by atoms with Crippen LogP contribution in [0.4, 0.5) is 5.69 Å². The molecule has 2 aromatic carbocycles. The number of rotatable bonds is 7. The van der Waals surface area contributed by atoms with Crippen LogP contribution < -0.4 is 25.2 Å². The van der Waals surface area contributed by atoms with Crippen LogP contribution in [0, 0.1) is 0 Å². The number of H-pyrrole nitrogens is 2. The van der Waals surface area contributed by atoms with E-state index in [4.69, 9.17) is 18.9 Å². The van der Waals surface area contributed by atoms with E-state index in [-0.39, 0.29) is 17.0 Å². The van der Waals surface area contributed by atoms with Crippen molar-refractivity contribution in [1.82, 2.24) is 9.97 Å². The molecular formula is C19H19N3O7. The lowest BCUT2D eigenvalue weighted by molar-refractivity contribution is -0.119. The number of hydrogen-bond donors (Lipinski definition) is 3. The molecule has 1 aromatic heterocycles. The molecule has 0 bridgehead atoms. The highest BCUT2D eigenvalue weighted by molar-refractivity contribution is 5.98. The molecular weight excluding hydrogens is 382 g/mol. The maximum atomic E-state index is 12.4. The number of amides is 1. The highest BCUT2D eigenvalue weighted by atomic mass is 16.5. The van der Waals surface area contributed by atoms with Crippen LogP contribution in [0.15, 0.2) is 35.1 Å². The number of fused-ring (bicyclic) bond motifs is 1. The minimum Gasteiger partial charge on any atom is -0.496 e. The fourth-order valence-electron chi connectivity index (χ4n) is 2.70. The second kappa shape index (κ2) is 8.38. The van der Waals surface area contributed by atoms with E-state index >= 15 is 0 Å². The summed E-state index contributed by atoms with van der Waals surface area (Å²) < 4.78 is 20.6. The van der Waals surface area contributed by atoms with Crippen molar-refractivity contribution in [3.8, 4) is 17.2 Å². The monoisotopic (exact) mass is 401 g/mol. The van der Waals surface area contributed by atoms with Gasteiger partial charge in [0.2, 0.25) is 0 Å². The summed E-state index contributed by atoms with van der Waals surface area (Å²) in [6.45, 7) is -0.516. The zero-order valence-electron chi connectivity index (χ0n) is 16.0. The van der Waals surface area contributed by atoms with E-state index in [0.29, 0.717) is 28.2 Å². The van der Waals surface area contributed by atoms with Gasteiger partial charge in [-0.05, 0) is 18.2 Å². The van der Waals surface area contributed by atoms with Crippen molar-refractivity contribution in [1.29, 1.82) is 0 Å². The van der Waals surface area contributed by atoms with Crippen LogP contribution in [-0.4, -0.2) is 49.8 Å². The Bertz CT molecular complexity index is 1120. The maximum absolute atomic E-state index is 12.4. The summed E-state index contributed by atoms with van der Waals surface area (Å²) in [4.78, 5) is 41.0. The zero-order chi connectivity index (χ0) is 21.0. The average molecular weight is 401 g/mol.